The van der Waals surface area contributed by atoms with E-state index in [1.807, 2.05) is 26.0 Å². The monoisotopic (exact) mass is 251 g/mol. The summed E-state index contributed by atoms with van der Waals surface area (Å²) in [5, 5.41) is 13.5. The number of rotatable bonds is 6. The molecule has 2 N–H and O–H groups in total. The van der Waals surface area contributed by atoms with Gasteiger partial charge in [0, 0.05) is 6.04 Å². The van der Waals surface area contributed by atoms with Crippen molar-refractivity contribution in [2.45, 2.75) is 46.3 Å². The molecule has 0 spiro atoms. The van der Waals surface area contributed by atoms with Gasteiger partial charge in [-0.25, -0.2) is 0 Å². The molecule has 0 bridgehead atoms. The van der Waals surface area contributed by atoms with Gasteiger partial charge in [0.05, 0.1) is 13.2 Å². The van der Waals surface area contributed by atoms with E-state index in [4.69, 9.17) is 4.74 Å². The number of hydrogen-bond donors (Lipinski definition) is 2. The summed E-state index contributed by atoms with van der Waals surface area (Å²) in [5.41, 5.74) is 3.14. The summed E-state index contributed by atoms with van der Waals surface area (Å²) in [6.45, 7) is 9.05. The van der Waals surface area contributed by atoms with Gasteiger partial charge in [-0.3, -0.25) is 0 Å². The maximum Gasteiger partial charge on any atom is 0.122 e. The molecule has 0 aliphatic heterocycles. The van der Waals surface area contributed by atoms with Crippen molar-refractivity contribution >= 4 is 0 Å². The van der Waals surface area contributed by atoms with Crippen LogP contribution in [0.1, 0.15) is 43.1 Å². The number of hydrogen-bond acceptors (Lipinski definition) is 3. The first-order valence-electron chi connectivity index (χ1n) is 6.52. The van der Waals surface area contributed by atoms with E-state index in [9.17, 15) is 5.11 Å². The minimum atomic E-state index is -0.416. The number of aliphatic hydroxyl groups excluding tert-OH is 1. The van der Waals surface area contributed by atoms with E-state index in [1.165, 1.54) is 0 Å². The number of ether oxygens (including phenoxy) is 1. The molecule has 1 rings (SSSR count). The van der Waals surface area contributed by atoms with Crippen LogP contribution in [0.4, 0.5) is 0 Å². The van der Waals surface area contributed by atoms with Crippen molar-refractivity contribution in [3.63, 3.8) is 0 Å². The number of aryl methyl sites for hydroxylation is 2. The fourth-order valence-corrected chi connectivity index (χ4v) is 2.06. The lowest BCUT2D eigenvalue weighted by Gasteiger charge is -2.17. The zero-order valence-corrected chi connectivity index (χ0v) is 12.1. The molecule has 102 valence electrons. The van der Waals surface area contributed by atoms with Crippen molar-refractivity contribution in [1.82, 2.24) is 5.32 Å². The summed E-state index contributed by atoms with van der Waals surface area (Å²) in [4.78, 5) is 0. The first-order valence-corrected chi connectivity index (χ1v) is 6.52. The van der Waals surface area contributed by atoms with E-state index in [-0.39, 0.29) is 0 Å². The molecule has 1 atom stereocenters. The molecule has 18 heavy (non-hydrogen) atoms. The van der Waals surface area contributed by atoms with Crippen LogP contribution in [0.3, 0.4) is 0 Å². The Labute approximate surface area is 110 Å². The number of nitrogens with one attached hydrogen (secondary N) is 1. The van der Waals surface area contributed by atoms with Crippen LogP contribution in [0.5, 0.6) is 5.75 Å². The molecule has 1 aromatic rings. The highest BCUT2D eigenvalue weighted by Crippen LogP contribution is 2.27. The maximum absolute atomic E-state index is 10.2. The molecule has 0 aliphatic carbocycles. The summed E-state index contributed by atoms with van der Waals surface area (Å²) in [7, 11) is 1.67. The van der Waals surface area contributed by atoms with E-state index in [2.05, 4.69) is 19.2 Å². The predicted octanol–water partition coefficient (Wildman–Crippen LogP) is 2.73. The zero-order chi connectivity index (χ0) is 13.7. The molecule has 0 heterocycles. The summed E-state index contributed by atoms with van der Waals surface area (Å²) in [6, 6.07) is 4.47. The van der Waals surface area contributed by atoms with Gasteiger partial charge in [-0.05, 0) is 55.6 Å². The molecule has 0 aromatic heterocycles. The van der Waals surface area contributed by atoms with E-state index in [0.29, 0.717) is 6.04 Å². The smallest absolute Gasteiger partial charge is 0.122 e. The third kappa shape index (κ3) is 4.00. The Hall–Kier alpha value is -1.06. The zero-order valence-electron chi connectivity index (χ0n) is 12.1. The molecule has 3 heteroatoms. The lowest BCUT2D eigenvalue weighted by Crippen LogP contribution is -2.25. The molecular weight excluding hydrogens is 226 g/mol. The highest BCUT2D eigenvalue weighted by Gasteiger charge is 2.13. The number of aliphatic hydroxyl groups is 1. The summed E-state index contributed by atoms with van der Waals surface area (Å²) < 4.78 is 5.28. The van der Waals surface area contributed by atoms with Crippen LogP contribution in [-0.2, 0) is 0 Å². The molecule has 0 amide bonds. The van der Waals surface area contributed by atoms with Crippen molar-refractivity contribution in [3.8, 4) is 5.75 Å². The molecule has 0 saturated heterocycles. The van der Waals surface area contributed by atoms with Gasteiger partial charge < -0.3 is 15.2 Å². The van der Waals surface area contributed by atoms with E-state index < -0.39 is 6.10 Å². The van der Waals surface area contributed by atoms with Gasteiger partial charge in [0.15, 0.2) is 0 Å². The number of benzene rings is 1. The Morgan fingerprint density at radius 3 is 2.44 bits per heavy atom. The Morgan fingerprint density at radius 2 is 1.89 bits per heavy atom. The Kier molecular flexibility index (Phi) is 5.63. The Balaban J connectivity index is 2.73. The minimum absolute atomic E-state index is 0.416. The average Bonchev–Trinajstić information content (AvgIpc) is 2.30. The molecule has 1 unspecified atom stereocenters. The van der Waals surface area contributed by atoms with Crippen LogP contribution in [-0.4, -0.2) is 24.8 Å². The van der Waals surface area contributed by atoms with Crippen molar-refractivity contribution in [2.75, 3.05) is 13.7 Å². The van der Waals surface area contributed by atoms with Crippen molar-refractivity contribution < 1.29 is 9.84 Å². The largest absolute Gasteiger partial charge is 0.496 e. The minimum Gasteiger partial charge on any atom is -0.496 e. The second-order valence-electron chi connectivity index (χ2n) is 5.09. The van der Waals surface area contributed by atoms with Gasteiger partial charge >= 0.3 is 0 Å². The van der Waals surface area contributed by atoms with Crippen LogP contribution in [0, 0.1) is 13.8 Å². The molecule has 1 aromatic carbocycles. The van der Waals surface area contributed by atoms with Crippen LogP contribution >= 0.6 is 0 Å². The lowest BCUT2D eigenvalue weighted by atomic mass is 9.98. The second kappa shape index (κ2) is 6.76. The normalized spacial score (nSPS) is 12.8. The predicted molar refractivity (Wildman–Crippen MR) is 75.2 cm³/mol. The molecule has 0 radical (unpaired) electrons. The maximum atomic E-state index is 10.2. The van der Waals surface area contributed by atoms with Crippen LogP contribution in [0.2, 0.25) is 0 Å². The van der Waals surface area contributed by atoms with Gasteiger partial charge in [-0.1, -0.05) is 13.8 Å². The summed E-state index contributed by atoms with van der Waals surface area (Å²) >= 11 is 0. The Morgan fingerprint density at radius 1 is 1.22 bits per heavy atom. The molecule has 0 aliphatic rings. The lowest BCUT2D eigenvalue weighted by molar-refractivity contribution is 0.165. The third-order valence-corrected chi connectivity index (χ3v) is 3.11. The van der Waals surface area contributed by atoms with Crippen LogP contribution in [0.15, 0.2) is 12.1 Å². The fourth-order valence-electron chi connectivity index (χ4n) is 2.06. The first-order chi connectivity index (χ1) is 8.45. The highest BCUT2D eigenvalue weighted by molar-refractivity contribution is 5.42. The van der Waals surface area contributed by atoms with Crippen LogP contribution in [0.25, 0.3) is 0 Å². The SMILES string of the molecule is COc1cc(C)c(C(O)CCNC(C)C)cc1C. The molecule has 3 nitrogen and oxygen atoms in total. The molecular formula is C15H25NO2. The Bertz CT molecular complexity index is 388. The van der Waals surface area contributed by atoms with E-state index in [0.717, 1.165) is 35.4 Å². The van der Waals surface area contributed by atoms with Gasteiger partial charge in [0.2, 0.25) is 0 Å². The van der Waals surface area contributed by atoms with Crippen molar-refractivity contribution in [2.24, 2.45) is 0 Å². The second-order valence-corrected chi connectivity index (χ2v) is 5.09. The van der Waals surface area contributed by atoms with Crippen molar-refractivity contribution in [3.05, 3.63) is 28.8 Å². The van der Waals surface area contributed by atoms with E-state index >= 15 is 0 Å². The van der Waals surface area contributed by atoms with Crippen LogP contribution < -0.4 is 10.1 Å². The molecule has 0 saturated carbocycles. The number of methoxy groups -OCH3 is 1. The fraction of sp³-hybridized carbons (Fsp3) is 0.600. The van der Waals surface area contributed by atoms with Gasteiger partial charge in [-0.15, -0.1) is 0 Å². The topological polar surface area (TPSA) is 41.5 Å². The summed E-state index contributed by atoms with van der Waals surface area (Å²) in [6.07, 6.45) is 0.311. The first kappa shape index (κ1) is 15.0. The summed E-state index contributed by atoms with van der Waals surface area (Å²) in [5.74, 6) is 0.878. The third-order valence-electron chi connectivity index (χ3n) is 3.11. The highest BCUT2D eigenvalue weighted by atomic mass is 16.5. The van der Waals surface area contributed by atoms with E-state index in [1.54, 1.807) is 7.11 Å². The molecule has 0 fully saturated rings. The standard InChI is InChI=1S/C15H25NO2/c1-10(2)16-7-6-14(17)13-8-12(4)15(18-5)9-11(13)3/h8-10,14,16-17H,6-7H2,1-5H3. The van der Waals surface area contributed by atoms with Gasteiger partial charge in [-0.2, -0.15) is 0 Å². The quantitative estimate of drug-likeness (QED) is 0.817. The average molecular weight is 251 g/mol. The van der Waals surface area contributed by atoms with Gasteiger partial charge in [0.25, 0.3) is 0 Å². The van der Waals surface area contributed by atoms with Gasteiger partial charge in [0.1, 0.15) is 5.75 Å². The van der Waals surface area contributed by atoms with Crippen molar-refractivity contribution in [1.29, 1.82) is 0 Å².